The van der Waals surface area contributed by atoms with E-state index in [1.165, 1.54) is 0 Å². The molecule has 4 rings (SSSR count). The predicted octanol–water partition coefficient (Wildman–Crippen LogP) is 3.76. The van der Waals surface area contributed by atoms with Crippen molar-refractivity contribution in [3.8, 4) is 22.9 Å². The van der Waals surface area contributed by atoms with E-state index in [1.54, 1.807) is 13.0 Å². The van der Waals surface area contributed by atoms with Crippen molar-refractivity contribution in [3.63, 3.8) is 0 Å². The summed E-state index contributed by atoms with van der Waals surface area (Å²) in [6.45, 7) is 2.74. The third-order valence-corrected chi connectivity index (χ3v) is 4.77. The average molecular weight is 430 g/mol. The molecule has 1 aliphatic heterocycles. The molecule has 8 heteroatoms. The number of rotatable bonds is 4. The quantitative estimate of drug-likeness (QED) is 0.679. The number of aryl methyl sites for hydroxylation is 1. The molecule has 0 atom stereocenters. The van der Waals surface area contributed by atoms with Gasteiger partial charge in [-0.2, -0.15) is 4.98 Å². The Balaban J connectivity index is 1.54. The fourth-order valence-corrected chi connectivity index (χ4v) is 3.27. The van der Waals surface area contributed by atoms with Gasteiger partial charge in [0.05, 0.1) is 12.1 Å². The third kappa shape index (κ3) is 3.80. The Hall–Kier alpha value is -2.87. The zero-order valence-corrected chi connectivity index (χ0v) is 16.1. The molecule has 138 valence electrons. The summed E-state index contributed by atoms with van der Waals surface area (Å²) in [6.07, 6.45) is 0.177. The van der Waals surface area contributed by atoms with Crippen LogP contribution in [0.3, 0.4) is 0 Å². The van der Waals surface area contributed by atoms with Crippen molar-refractivity contribution in [3.05, 3.63) is 52.3 Å². The van der Waals surface area contributed by atoms with Crippen molar-refractivity contribution in [2.75, 3.05) is 18.5 Å². The van der Waals surface area contributed by atoms with Gasteiger partial charge in [-0.3, -0.25) is 4.79 Å². The molecular formula is C19H16BrN3O4. The fourth-order valence-electron chi connectivity index (χ4n) is 2.80. The Kier molecular flexibility index (Phi) is 4.81. The van der Waals surface area contributed by atoms with Crippen LogP contribution in [0, 0.1) is 6.92 Å². The predicted molar refractivity (Wildman–Crippen MR) is 102 cm³/mol. The Morgan fingerprint density at radius 1 is 1.19 bits per heavy atom. The number of ether oxygens (including phenoxy) is 2. The number of nitrogens with one attached hydrogen (secondary N) is 1. The van der Waals surface area contributed by atoms with E-state index in [0.29, 0.717) is 47.7 Å². The monoisotopic (exact) mass is 429 g/mol. The molecule has 2 heterocycles. The highest BCUT2D eigenvalue weighted by Gasteiger charge is 2.18. The SMILES string of the molecule is Cc1nc(-c2ccccc2NC(=O)Cc2cc3c(cc2Br)OCCO3)no1. The molecule has 0 radical (unpaired) electrons. The molecule has 7 nitrogen and oxygen atoms in total. The fraction of sp³-hybridized carbons (Fsp3) is 0.211. The summed E-state index contributed by atoms with van der Waals surface area (Å²) in [4.78, 5) is 16.9. The van der Waals surface area contributed by atoms with Crippen LogP contribution in [-0.4, -0.2) is 29.3 Å². The van der Waals surface area contributed by atoms with E-state index in [1.807, 2.05) is 30.3 Å². The van der Waals surface area contributed by atoms with Crippen LogP contribution in [0.1, 0.15) is 11.5 Å². The maximum Gasteiger partial charge on any atom is 0.228 e. The van der Waals surface area contributed by atoms with Gasteiger partial charge in [-0.15, -0.1) is 0 Å². The topological polar surface area (TPSA) is 86.5 Å². The minimum atomic E-state index is -0.167. The molecule has 0 fully saturated rings. The van der Waals surface area contributed by atoms with E-state index >= 15 is 0 Å². The number of amides is 1. The molecular weight excluding hydrogens is 414 g/mol. The first kappa shape index (κ1) is 17.5. The number of hydrogen-bond acceptors (Lipinski definition) is 6. The lowest BCUT2D eigenvalue weighted by molar-refractivity contribution is -0.115. The number of hydrogen-bond donors (Lipinski definition) is 1. The molecule has 0 saturated heterocycles. The molecule has 0 bridgehead atoms. The summed E-state index contributed by atoms with van der Waals surface area (Å²) < 4.78 is 17.0. The van der Waals surface area contributed by atoms with Gasteiger partial charge in [-0.05, 0) is 29.8 Å². The smallest absolute Gasteiger partial charge is 0.228 e. The van der Waals surface area contributed by atoms with Crippen molar-refractivity contribution >= 4 is 27.5 Å². The number of benzene rings is 2. The summed E-state index contributed by atoms with van der Waals surface area (Å²) in [5.74, 6) is 2.06. The number of carbonyl (C=O) groups excluding carboxylic acids is 1. The summed E-state index contributed by atoms with van der Waals surface area (Å²) in [5.41, 5.74) is 2.13. The number of aromatic nitrogens is 2. The maximum atomic E-state index is 12.6. The lowest BCUT2D eigenvalue weighted by Crippen LogP contribution is -2.18. The van der Waals surface area contributed by atoms with Crippen LogP contribution in [0.25, 0.3) is 11.4 Å². The number of para-hydroxylation sites is 1. The van der Waals surface area contributed by atoms with Crippen molar-refractivity contribution in [1.82, 2.24) is 10.1 Å². The second-order valence-electron chi connectivity index (χ2n) is 5.99. The summed E-state index contributed by atoms with van der Waals surface area (Å²) >= 11 is 3.50. The lowest BCUT2D eigenvalue weighted by atomic mass is 10.1. The van der Waals surface area contributed by atoms with Crippen molar-refractivity contribution in [1.29, 1.82) is 0 Å². The van der Waals surface area contributed by atoms with Crippen LogP contribution in [-0.2, 0) is 11.2 Å². The molecule has 1 aromatic heterocycles. The molecule has 1 amide bonds. The van der Waals surface area contributed by atoms with Crippen LogP contribution in [0.4, 0.5) is 5.69 Å². The summed E-state index contributed by atoms with van der Waals surface area (Å²) in [6, 6.07) is 11.0. The second-order valence-corrected chi connectivity index (χ2v) is 6.85. The number of anilines is 1. The van der Waals surface area contributed by atoms with Crippen LogP contribution in [0.5, 0.6) is 11.5 Å². The first-order valence-corrected chi connectivity index (χ1v) is 9.17. The van der Waals surface area contributed by atoms with Crippen molar-refractivity contribution in [2.45, 2.75) is 13.3 Å². The van der Waals surface area contributed by atoms with Crippen LogP contribution in [0.15, 0.2) is 45.4 Å². The van der Waals surface area contributed by atoms with Gasteiger partial charge in [0.15, 0.2) is 11.5 Å². The van der Waals surface area contributed by atoms with Gasteiger partial charge in [0.25, 0.3) is 0 Å². The van der Waals surface area contributed by atoms with E-state index in [-0.39, 0.29) is 12.3 Å². The van der Waals surface area contributed by atoms with Crippen LogP contribution < -0.4 is 14.8 Å². The largest absolute Gasteiger partial charge is 0.486 e. The van der Waals surface area contributed by atoms with Gasteiger partial charge < -0.3 is 19.3 Å². The summed E-state index contributed by atoms with van der Waals surface area (Å²) in [5, 5.41) is 6.85. The van der Waals surface area contributed by atoms with Gasteiger partial charge in [-0.1, -0.05) is 33.2 Å². The lowest BCUT2D eigenvalue weighted by Gasteiger charge is -2.20. The zero-order chi connectivity index (χ0) is 18.8. The Labute approximate surface area is 163 Å². The molecule has 0 spiro atoms. The standard InChI is InChI=1S/C19H16BrN3O4/c1-11-21-19(23-27-11)13-4-2-3-5-15(13)22-18(24)9-12-8-16-17(10-14(12)20)26-7-6-25-16/h2-5,8,10H,6-7,9H2,1H3,(H,22,24). The molecule has 1 N–H and O–H groups in total. The first-order chi connectivity index (χ1) is 13.1. The van der Waals surface area contributed by atoms with Crippen molar-refractivity contribution < 1.29 is 18.8 Å². The molecule has 0 aliphatic carbocycles. The number of halogens is 1. The first-order valence-electron chi connectivity index (χ1n) is 8.38. The normalized spacial score (nSPS) is 12.7. The highest BCUT2D eigenvalue weighted by molar-refractivity contribution is 9.10. The number of fused-ring (bicyclic) bond motifs is 1. The highest BCUT2D eigenvalue weighted by Crippen LogP contribution is 2.36. The van der Waals surface area contributed by atoms with E-state index in [0.717, 1.165) is 10.0 Å². The minimum absolute atomic E-state index is 0.167. The van der Waals surface area contributed by atoms with E-state index < -0.39 is 0 Å². The molecule has 0 unspecified atom stereocenters. The van der Waals surface area contributed by atoms with Gasteiger partial charge >= 0.3 is 0 Å². The van der Waals surface area contributed by atoms with Gasteiger partial charge in [-0.25, -0.2) is 0 Å². The van der Waals surface area contributed by atoms with E-state index in [2.05, 4.69) is 31.4 Å². The molecule has 3 aromatic rings. The zero-order valence-electron chi connectivity index (χ0n) is 14.5. The van der Waals surface area contributed by atoms with E-state index in [4.69, 9.17) is 14.0 Å². The van der Waals surface area contributed by atoms with E-state index in [9.17, 15) is 4.79 Å². The van der Waals surface area contributed by atoms with Gasteiger partial charge in [0, 0.05) is 17.0 Å². The highest BCUT2D eigenvalue weighted by atomic mass is 79.9. The van der Waals surface area contributed by atoms with Crippen LogP contribution in [0.2, 0.25) is 0 Å². The van der Waals surface area contributed by atoms with Crippen LogP contribution >= 0.6 is 15.9 Å². The second kappa shape index (κ2) is 7.40. The summed E-state index contributed by atoms with van der Waals surface area (Å²) in [7, 11) is 0. The number of nitrogens with zero attached hydrogens (tertiary/aromatic N) is 2. The Morgan fingerprint density at radius 2 is 1.93 bits per heavy atom. The molecule has 0 saturated carbocycles. The number of carbonyl (C=O) groups is 1. The molecule has 1 aliphatic rings. The maximum absolute atomic E-state index is 12.6. The Morgan fingerprint density at radius 3 is 2.67 bits per heavy atom. The Bertz CT molecular complexity index is 1000. The van der Waals surface area contributed by atoms with Crippen molar-refractivity contribution in [2.24, 2.45) is 0 Å². The molecule has 2 aromatic carbocycles. The third-order valence-electron chi connectivity index (χ3n) is 4.03. The molecule has 27 heavy (non-hydrogen) atoms. The van der Waals surface area contributed by atoms with Gasteiger partial charge in [0.1, 0.15) is 13.2 Å². The minimum Gasteiger partial charge on any atom is -0.486 e. The average Bonchev–Trinajstić information content (AvgIpc) is 3.09. The van der Waals surface area contributed by atoms with Gasteiger partial charge in [0.2, 0.25) is 17.6 Å².